The number of aromatic nitrogens is 1. The molecule has 1 aliphatic heterocycles. The molecule has 0 radical (unpaired) electrons. The number of carbonyl (C=O) groups excluding carboxylic acids is 1. The lowest BCUT2D eigenvalue weighted by molar-refractivity contribution is -0.0640. The summed E-state index contributed by atoms with van der Waals surface area (Å²) in [6.45, 7) is 3.19. The lowest BCUT2D eigenvalue weighted by Crippen LogP contribution is -2.47. The van der Waals surface area contributed by atoms with Crippen molar-refractivity contribution in [2.75, 3.05) is 18.4 Å². The highest BCUT2D eigenvalue weighted by atomic mass is 32.1. The van der Waals surface area contributed by atoms with Gasteiger partial charge in [-0.1, -0.05) is 0 Å². The van der Waals surface area contributed by atoms with Crippen LogP contribution in [0.2, 0.25) is 0 Å². The topological polar surface area (TPSA) is 54.5 Å². The molecule has 1 N–H and O–H groups in total. The lowest BCUT2D eigenvalue weighted by atomic mass is 10.1. The normalized spacial score (nSPS) is 24.7. The Labute approximate surface area is 143 Å². The molecule has 2 aromatic heterocycles. The Kier molecular flexibility index (Phi) is 4.09. The van der Waals surface area contributed by atoms with Gasteiger partial charge in [-0.05, 0) is 42.2 Å². The van der Waals surface area contributed by atoms with Crippen molar-refractivity contribution < 1.29 is 9.53 Å². The Morgan fingerprint density at radius 2 is 2.26 bits per heavy atom. The number of carbonyl (C=O) groups is 1. The number of nitrogens with one attached hydrogen (secondary N) is 1. The second-order valence-corrected chi connectivity index (χ2v) is 7.82. The molecule has 0 unspecified atom stereocenters. The number of ether oxygens (including phenoxy) is 1. The van der Waals surface area contributed by atoms with Gasteiger partial charge in [-0.2, -0.15) is 11.3 Å². The van der Waals surface area contributed by atoms with E-state index in [1.807, 2.05) is 17.2 Å². The fourth-order valence-corrected chi connectivity index (χ4v) is 4.32. The van der Waals surface area contributed by atoms with Crippen LogP contribution in [0.1, 0.15) is 43.0 Å². The molecule has 0 bridgehead atoms. The number of urea groups is 1. The van der Waals surface area contributed by atoms with E-state index in [9.17, 15) is 4.79 Å². The highest BCUT2D eigenvalue weighted by molar-refractivity contribution is 7.13. The van der Waals surface area contributed by atoms with Crippen molar-refractivity contribution in [2.45, 2.75) is 37.9 Å². The summed E-state index contributed by atoms with van der Waals surface area (Å²) in [7, 11) is 0. The van der Waals surface area contributed by atoms with Gasteiger partial charge in [0.25, 0.3) is 0 Å². The van der Waals surface area contributed by atoms with Crippen molar-refractivity contribution in [1.82, 2.24) is 9.88 Å². The first-order valence-electron chi connectivity index (χ1n) is 7.88. The van der Waals surface area contributed by atoms with E-state index in [0.717, 1.165) is 11.3 Å². The van der Waals surface area contributed by atoms with E-state index in [2.05, 4.69) is 27.1 Å². The van der Waals surface area contributed by atoms with Crippen LogP contribution >= 0.6 is 22.7 Å². The Morgan fingerprint density at radius 3 is 3.00 bits per heavy atom. The molecular weight excluding hydrogens is 330 g/mol. The largest absolute Gasteiger partial charge is 0.367 e. The van der Waals surface area contributed by atoms with Crippen LogP contribution in [0.5, 0.6) is 0 Å². The van der Waals surface area contributed by atoms with Gasteiger partial charge in [0, 0.05) is 17.8 Å². The van der Waals surface area contributed by atoms with Crippen molar-refractivity contribution >= 4 is 33.8 Å². The molecule has 3 heterocycles. The summed E-state index contributed by atoms with van der Waals surface area (Å²) in [4.78, 5) is 18.9. The SMILES string of the molecule is C[C@H]1CN(C(=O)Nc2nc(C3CC3)cs2)C[C@@H](c2ccsc2)O1. The molecule has 23 heavy (non-hydrogen) atoms. The molecule has 1 saturated heterocycles. The van der Waals surface area contributed by atoms with Gasteiger partial charge in [-0.3, -0.25) is 5.32 Å². The lowest BCUT2D eigenvalue weighted by Gasteiger charge is -2.36. The second-order valence-electron chi connectivity index (χ2n) is 6.18. The summed E-state index contributed by atoms with van der Waals surface area (Å²) in [5.41, 5.74) is 2.27. The zero-order valence-electron chi connectivity index (χ0n) is 12.9. The number of hydrogen-bond donors (Lipinski definition) is 1. The quantitative estimate of drug-likeness (QED) is 0.908. The van der Waals surface area contributed by atoms with Crippen LogP contribution in [0.25, 0.3) is 0 Å². The molecular formula is C16H19N3O2S2. The molecule has 1 aliphatic carbocycles. The smallest absolute Gasteiger partial charge is 0.323 e. The van der Waals surface area contributed by atoms with E-state index in [0.29, 0.717) is 24.1 Å². The summed E-state index contributed by atoms with van der Waals surface area (Å²) in [5.74, 6) is 0.614. The number of thiophene rings is 1. The number of rotatable bonds is 3. The van der Waals surface area contributed by atoms with E-state index < -0.39 is 0 Å². The molecule has 5 nitrogen and oxygen atoms in total. The molecule has 7 heteroatoms. The van der Waals surface area contributed by atoms with E-state index >= 15 is 0 Å². The number of thiazole rings is 1. The first-order chi connectivity index (χ1) is 11.2. The number of nitrogens with zero attached hydrogens (tertiary/aromatic N) is 2. The predicted molar refractivity (Wildman–Crippen MR) is 92.3 cm³/mol. The van der Waals surface area contributed by atoms with Gasteiger partial charge in [0.15, 0.2) is 5.13 Å². The molecule has 2 aromatic rings. The molecule has 0 spiro atoms. The maximum atomic E-state index is 12.6. The summed E-state index contributed by atoms with van der Waals surface area (Å²) in [5, 5.41) is 9.82. The summed E-state index contributed by atoms with van der Waals surface area (Å²) in [6, 6.07) is 1.98. The van der Waals surface area contributed by atoms with Crippen LogP contribution in [-0.2, 0) is 4.74 Å². The minimum absolute atomic E-state index is 0.0257. The summed E-state index contributed by atoms with van der Waals surface area (Å²) < 4.78 is 5.98. The predicted octanol–water partition coefficient (Wildman–Crippen LogP) is 4.08. The third kappa shape index (κ3) is 3.41. The Balaban J connectivity index is 1.42. The van der Waals surface area contributed by atoms with Crippen molar-refractivity contribution in [3.63, 3.8) is 0 Å². The summed E-state index contributed by atoms with van der Waals surface area (Å²) >= 11 is 3.16. The fraction of sp³-hybridized carbons (Fsp3) is 0.500. The maximum Gasteiger partial charge on any atom is 0.323 e. The van der Waals surface area contributed by atoms with E-state index in [-0.39, 0.29) is 18.2 Å². The Bertz CT molecular complexity index is 681. The van der Waals surface area contributed by atoms with Crippen molar-refractivity contribution in [2.24, 2.45) is 0 Å². The zero-order chi connectivity index (χ0) is 15.8. The molecule has 1 saturated carbocycles. The van der Waals surface area contributed by atoms with Crippen LogP contribution in [0.3, 0.4) is 0 Å². The molecule has 122 valence electrons. The first kappa shape index (κ1) is 15.1. The number of anilines is 1. The van der Waals surface area contributed by atoms with Crippen LogP contribution in [0, 0.1) is 0 Å². The van der Waals surface area contributed by atoms with E-state index in [4.69, 9.17) is 4.74 Å². The van der Waals surface area contributed by atoms with Gasteiger partial charge >= 0.3 is 6.03 Å². The molecule has 2 atom stereocenters. The van der Waals surface area contributed by atoms with Gasteiger partial charge in [-0.25, -0.2) is 9.78 Å². The first-order valence-corrected chi connectivity index (χ1v) is 9.70. The molecule has 2 amide bonds. The minimum atomic E-state index is -0.0860. The maximum absolute atomic E-state index is 12.6. The molecule has 2 aliphatic rings. The number of amides is 2. The molecule has 2 fully saturated rings. The van der Waals surface area contributed by atoms with Crippen molar-refractivity contribution in [1.29, 1.82) is 0 Å². The average molecular weight is 349 g/mol. The van der Waals surface area contributed by atoms with Gasteiger partial charge in [0.2, 0.25) is 0 Å². The van der Waals surface area contributed by atoms with E-state index in [1.54, 1.807) is 11.3 Å². The standard InChI is InChI=1S/C16H19N3O2S2/c1-10-6-19(7-14(21-10)12-4-5-22-8-12)16(20)18-15-17-13(9-23-15)11-2-3-11/h4-5,8-11,14H,2-3,6-7H2,1H3,(H,17,18,20)/t10-,14-/m0/s1. The zero-order valence-corrected chi connectivity index (χ0v) is 14.5. The van der Waals surface area contributed by atoms with Crippen LogP contribution in [-0.4, -0.2) is 35.1 Å². The fourth-order valence-electron chi connectivity index (χ4n) is 2.84. The Morgan fingerprint density at radius 1 is 1.39 bits per heavy atom. The molecule has 4 rings (SSSR count). The Hall–Kier alpha value is -1.44. The number of hydrogen-bond acceptors (Lipinski definition) is 5. The van der Waals surface area contributed by atoms with Gasteiger partial charge < -0.3 is 9.64 Å². The monoisotopic (exact) mass is 349 g/mol. The van der Waals surface area contributed by atoms with Gasteiger partial charge in [0.05, 0.1) is 18.3 Å². The van der Waals surface area contributed by atoms with Gasteiger partial charge in [-0.15, -0.1) is 11.3 Å². The molecule has 0 aromatic carbocycles. The minimum Gasteiger partial charge on any atom is -0.367 e. The van der Waals surface area contributed by atoms with Crippen LogP contribution in [0.4, 0.5) is 9.93 Å². The third-order valence-corrected chi connectivity index (χ3v) is 5.67. The van der Waals surface area contributed by atoms with E-state index in [1.165, 1.54) is 24.2 Å². The second kappa shape index (κ2) is 6.22. The number of morpholine rings is 1. The van der Waals surface area contributed by atoms with Crippen LogP contribution < -0.4 is 5.32 Å². The average Bonchev–Trinajstić information content (AvgIpc) is 3.05. The van der Waals surface area contributed by atoms with Crippen molar-refractivity contribution in [3.8, 4) is 0 Å². The van der Waals surface area contributed by atoms with Crippen LogP contribution in [0.15, 0.2) is 22.2 Å². The van der Waals surface area contributed by atoms with Gasteiger partial charge in [0.1, 0.15) is 6.10 Å². The summed E-state index contributed by atoms with van der Waals surface area (Å²) in [6.07, 6.45) is 2.42. The third-order valence-electron chi connectivity index (χ3n) is 4.19. The highest BCUT2D eigenvalue weighted by Gasteiger charge is 2.30. The van der Waals surface area contributed by atoms with Crippen molar-refractivity contribution in [3.05, 3.63) is 33.5 Å². The highest BCUT2D eigenvalue weighted by Crippen LogP contribution is 2.41.